The Kier molecular flexibility index (Phi) is 4.00. The third kappa shape index (κ3) is 3.36. The molecular formula is C11H12ClN3O4S2. The van der Waals surface area contributed by atoms with Crippen molar-refractivity contribution in [2.75, 3.05) is 4.72 Å². The van der Waals surface area contributed by atoms with E-state index in [0.717, 1.165) is 0 Å². The lowest BCUT2D eigenvalue weighted by molar-refractivity contribution is 0.597. The molecule has 0 aliphatic rings. The van der Waals surface area contributed by atoms with Gasteiger partial charge in [-0.3, -0.25) is 9.82 Å². The monoisotopic (exact) mass is 349 g/mol. The number of nitrogens with zero attached hydrogens (tertiary/aromatic N) is 1. The molecule has 0 fully saturated rings. The lowest BCUT2D eigenvalue weighted by Gasteiger charge is -2.13. The van der Waals surface area contributed by atoms with Crippen LogP contribution in [0, 0.1) is 13.8 Å². The number of hydrogen-bond acceptors (Lipinski definition) is 5. The maximum atomic E-state index is 12.1. The topological polar surface area (TPSA) is 109 Å². The number of aromatic amines is 1. The molecule has 2 aromatic rings. The molecule has 1 heterocycles. The predicted octanol–water partition coefficient (Wildman–Crippen LogP) is 1.75. The fourth-order valence-electron chi connectivity index (χ4n) is 1.81. The summed E-state index contributed by atoms with van der Waals surface area (Å²) >= 11 is 0. The van der Waals surface area contributed by atoms with Crippen LogP contribution in [0.3, 0.4) is 0 Å². The Morgan fingerprint density at radius 2 is 1.71 bits per heavy atom. The standard InChI is InChI=1S/C11H12ClN3O4S2/c1-7-5-9(20(12,16)17)6-8(2)11(7)15-21(18,19)10-3-4-13-14-10/h3-6,15H,1-2H3,(H,13,14). The maximum Gasteiger partial charge on any atom is 0.278 e. The van der Waals surface area contributed by atoms with Gasteiger partial charge in [0.25, 0.3) is 19.1 Å². The molecule has 0 unspecified atom stereocenters. The molecule has 7 nitrogen and oxygen atoms in total. The summed E-state index contributed by atoms with van der Waals surface area (Å²) in [5.74, 6) is 0. The number of nitrogens with one attached hydrogen (secondary N) is 2. The van der Waals surface area contributed by atoms with Gasteiger partial charge in [-0.25, -0.2) is 8.42 Å². The highest BCUT2D eigenvalue weighted by Crippen LogP contribution is 2.28. The first-order valence-corrected chi connectivity index (χ1v) is 9.48. The van der Waals surface area contributed by atoms with E-state index in [4.69, 9.17) is 10.7 Å². The zero-order chi connectivity index (χ0) is 15.8. The molecule has 1 aromatic carbocycles. The van der Waals surface area contributed by atoms with Gasteiger partial charge in [-0.15, -0.1) is 0 Å². The minimum atomic E-state index is -3.87. The minimum absolute atomic E-state index is 0.0799. The van der Waals surface area contributed by atoms with E-state index in [9.17, 15) is 16.8 Å². The van der Waals surface area contributed by atoms with Crippen LogP contribution in [-0.4, -0.2) is 27.0 Å². The van der Waals surface area contributed by atoms with E-state index in [1.54, 1.807) is 13.8 Å². The Labute approximate surface area is 126 Å². The van der Waals surface area contributed by atoms with E-state index in [0.29, 0.717) is 16.8 Å². The van der Waals surface area contributed by atoms with Gasteiger partial charge in [0.1, 0.15) is 0 Å². The van der Waals surface area contributed by atoms with Gasteiger partial charge in [-0.05, 0) is 43.2 Å². The Morgan fingerprint density at radius 3 is 2.14 bits per heavy atom. The van der Waals surface area contributed by atoms with E-state index < -0.39 is 19.1 Å². The second-order valence-corrected chi connectivity index (χ2v) is 8.61. The van der Waals surface area contributed by atoms with E-state index in [2.05, 4.69) is 14.9 Å². The van der Waals surface area contributed by atoms with Gasteiger partial charge in [0.15, 0.2) is 5.03 Å². The normalized spacial score (nSPS) is 12.3. The number of halogens is 1. The molecule has 0 aliphatic heterocycles. The molecular weight excluding hydrogens is 338 g/mol. The van der Waals surface area contributed by atoms with Crippen LogP contribution in [-0.2, 0) is 19.1 Å². The van der Waals surface area contributed by atoms with E-state index in [-0.39, 0.29) is 9.92 Å². The van der Waals surface area contributed by atoms with Gasteiger partial charge in [0, 0.05) is 10.7 Å². The highest BCUT2D eigenvalue weighted by Gasteiger charge is 2.20. The lowest BCUT2D eigenvalue weighted by atomic mass is 10.1. The number of benzene rings is 1. The summed E-state index contributed by atoms with van der Waals surface area (Å²) < 4.78 is 49.3. The molecule has 114 valence electrons. The SMILES string of the molecule is Cc1cc(S(=O)(=O)Cl)cc(C)c1NS(=O)(=O)c1ccn[nH]1. The van der Waals surface area contributed by atoms with Gasteiger partial charge < -0.3 is 0 Å². The summed E-state index contributed by atoms with van der Waals surface area (Å²) in [4.78, 5) is -0.0799. The van der Waals surface area contributed by atoms with Gasteiger partial charge >= 0.3 is 0 Å². The number of aryl methyl sites for hydroxylation is 2. The Bertz CT molecular complexity index is 851. The first kappa shape index (κ1) is 15.8. The van der Waals surface area contributed by atoms with Crippen molar-refractivity contribution in [3.05, 3.63) is 35.5 Å². The molecule has 0 saturated heterocycles. The van der Waals surface area contributed by atoms with Crippen molar-refractivity contribution in [2.45, 2.75) is 23.8 Å². The van der Waals surface area contributed by atoms with Crippen LogP contribution >= 0.6 is 10.7 Å². The van der Waals surface area contributed by atoms with Crippen molar-refractivity contribution < 1.29 is 16.8 Å². The molecule has 2 rings (SSSR count). The number of hydrogen-bond donors (Lipinski definition) is 2. The molecule has 0 aliphatic carbocycles. The summed E-state index contributed by atoms with van der Waals surface area (Å²) in [5, 5.41) is 5.85. The summed E-state index contributed by atoms with van der Waals surface area (Å²) in [7, 11) is -2.40. The highest BCUT2D eigenvalue weighted by molar-refractivity contribution is 8.13. The largest absolute Gasteiger partial charge is 0.278 e. The zero-order valence-corrected chi connectivity index (χ0v) is 13.5. The zero-order valence-electron chi connectivity index (χ0n) is 11.1. The average Bonchev–Trinajstić information content (AvgIpc) is 2.86. The lowest BCUT2D eigenvalue weighted by Crippen LogP contribution is -2.15. The van der Waals surface area contributed by atoms with Crippen molar-refractivity contribution >= 4 is 35.4 Å². The Morgan fingerprint density at radius 1 is 1.14 bits per heavy atom. The maximum absolute atomic E-state index is 12.1. The highest BCUT2D eigenvalue weighted by atomic mass is 35.7. The van der Waals surface area contributed by atoms with Crippen molar-refractivity contribution in [2.24, 2.45) is 0 Å². The van der Waals surface area contributed by atoms with Crippen molar-refractivity contribution in [3.63, 3.8) is 0 Å². The molecule has 10 heteroatoms. The minimum Gasteiger partial charge on any atom is -0.278 e. The van der Waals surface area contributed by atoms with Crippen LogP contribution < -0.4 is 4.72 Å². The number of aromatic nitrogens is 2. The van der Waals surface area contributed by atoms with Crippen molar-refractivity contribution in [1.29, 1.82) is 0 Å². The fourth-order valence-corrected chi connectivity index (χ4v) is 3.82. The summed E-state index contributed by atoms with van der Waals surface area (Å²) in [6.45, 7) is 3.17. The number of sulfonamides is 1. The number of H-pyrrole nitrogens is 1. The smallest absolute Gasteiger partial charge is 0.278 e. The number of rotatable bonds is 4. The van der Waals surface area contributed by atoms with Gasteiger partial charge in [-0.1, -0.05) is 0 Å². The summed E-state index contributed by atoms with van der Waals surface area (Å²) in [5.41, 5.74) is 1.18. The second-order valence-electron chi connectivity index (χ2n) is 4.40. The molecule has 0 saturated carbocycles. The van der Waals surface area contributed by atoms with Crippen LogP contribution in [0.1, 0.15) is 11.1 Å². The molecule has 21 heavy (non-hydrogen) atoms. The van der Waals surface area contributed by atoms with Gasteiger partial charge in [-0.2, -0.15) is 13.5 Å². The molecule has 0 radical (unpaired) electrons. The summed E-state index contributed by atoms with van der Waals surface area (Å²) in [6.07, 6.45) is 1.32. The molecule has 0 atom stereocenters. The van der Waals surface area contributed by atoms with Crippen LogP contribution in [0.15, 0.2) is 34.3 Å². The van der Waals surface area contributed by atoms with Crippen LogP contribution in [0.4, 0.5) is 5.69 Å². The molecule has 1 aromatic heterocycles. The Hall–Kier alpha value is -1.58. The van der Waals surface area contributed by atoms with Gasteiger partial charge in [0.2, 0.25) is 0 Å². The van der Waals surface area contributed by atoms with E-state index in [1.807, 2.05) is 0 Å². The van der Waals surface area contributed by atoms with E-state index >= 15 is 0 Å². The third-order valence-electron chi connectivity index (χ3n) is 2.79. The van der Waals surface area contributed by atoms with Gasteiger partial charge in [0.05, 0.1) is 16.8 Å². The molecule has 2 N–H and O–H groups in total. The Balaban J connectivity index is 2.48. The third-order valence-corrected chi connectivity index (χ3v) is 5.40. The predicted molar refractivity (Wildman–Crippen MR) is 78.4 cm³/mol. The molecule has 0 bridgehead atoms. The second kappa shape index (κ2) is 5.32. The summed E-state index contributed by atoms with van der Waals surface area (Å²) in [6, 6.07) is 3.92. The van der Waals surface area contributed by atoms with Crippen LogP contribution in [0.5, 0.6) is 0 Å². The first-order chi connectivity index (χ1) is 9.61. The van der Waals surface area contributed by atoms with Crippen LogP contribution in [0.25, 0.3) is 0 Å². The van der Waals surface area contributed by atoms with Crippen molar-refractivity contribution in [3.8, 4) is 0 Å². The molecule has 0 spiro atoms. The van der Waals surface area contributed by atoms with Crippen LogP contribution in [0.2, 0.25) is 0 Å². The molecule has 0 amide bonds. The first-order valence-electron chi connectivity index (χ1n) is 5.69. The van der Waals surface area contributed by atoms with Crippen molar-refractivity contribution in [1.82, 2.24) is 10.2 Å². The fraction of sp³-hybridized carbons (Fsp3) is 0.182. The average molecular weight is 350 g/mol. The van der Waals surface area contributed by atoms with E-state index in [1.165, 1.54) is 24.4 Å². The quantitative estimate of drug-likeness (QED) is 0.817. The number of anilines is 1.